The van der Waals surface area contributed by atoms with E-state index in [0.29, 0.717) is 6.79 Å². The Morgan fingerprint density at radius 2 is 1.69 bits per heavy atom. The van der Waals surface area contributed by atoms with Gasteiger partial charge in [-0.1, -0.05) is 12.1 Å². The van der Waals surface area contributed by atoms with E-state index in [1.54, 1.807) is 7.11 Å². The van der Waals surface area contributed by atoms with Gasteiger partial charge in [0.15, 0.2) is 6.79 Å². The molecule has 0 aromatic heterocycles. The lowest BCUT2D eigenvalue weighted by atomic mass is 10.1. The third-order valence-corrected chi connectivity index (χ3v) is 2.19. The predicted octanol–water partition coefficient (Wildman–Crippen LogP) is 2.59. The number of aryl methyl sites for hydroxylation is 2. The second-order valence-corrected chi connectivity index (χ2v) is 3.20. The molecule has 0 saturated carbocycles. The van der Waals surface area contributed by atoms with Crippen LogP contribution in [0.15, 0.2) is 12.1 Å². The van der Waals surface area contributed by atoms with E-state index in [2.05, 4.69) is 26.0 Å². The molecule has 0 radical (unpaired) electrons. The fraction of sp³-hybridized carbons (Fsp3) is 0.455. The maximum Gasteiger partial charge on any atom is 0.188 e. The molecule has 0 bridgehead atoms. The molecule has 0 heterocycles. The van der Waals surface area contributed by atoms with Crippen molar-refractivity contribution in [3.05, 3.63) is 28.8 Å². The number of benzene rings is 1. The van der Waals surface area contributed by atoms with Crippen molar-refractivity contribution in [2.24, 2.45) is 0 Å². The zero-order valence-corrected chi connectivity index (χ0v) is 8.68. The molecule has 0 unspecified atom stereocenters. The van der Waals surface area contributed by atoms with Crippen LogP contribution in [-0.4, -0.2) is 13.9 Å². The second-order valence-electron chi connectivity index (χ2n) is 3.20. The third kappa shape index (κ3) is 2.22. The van der Waals surface area contributed by atoms with E-state index in [1.807, 2.05) is 6.92 Å². The average Bonchev–Trinajstić information content (AvgIpc) is 2.12. The second kappa shape index (κ2) is 4.28. The Morgan fingerprint density at radius 1 is 1.08 bits per heavy atom. The zero-order chi connectivity index (χ0) is 9.84. The fourth-order valence-electron chi connectivity index (χ4n) is 1.27. The van der Waals surface area contributed by atoms with Crippen molar-refractivity contribution < 1.29 is 9.47 Å². The largest absolute Gasteiger partial charge is 0.467 e. The summed E-state index contributed by atoms with van der Waals surface area (Å²) in [4.78, 5) is 0. The van der Waals surface area contributed by atoms with Crippen LogP contribution in [0.25, 0.3) is 0 Å². The molecule has 2 heteroatoms. The Labute approximate surface area is 79.5 Å². The predicted molar refractivity (Wildman–Crippen MR) is 53.2 cm³/mol. The first kappa shape index (κ1) is 10.1. The lowest BCUT2D eigenvalue weighted by molar-refractivity contribution is 0.0501. The van der Waals surface area contributed by atoms with Gasteiger partial charge in [0, 0.05) is 7.11 Å². The summed E-state index contributed by atoms with van der Waals surface area (Å²) in [6, 6.07) is 4.16. The Hall–Kier alpha value is -1.02. The highest BCUT2D eigenvalue weighted by molar-refractivity contribution is 5.44. The van der Waals surface area contributed by atoms with Gasteiger partial charge >= 0.3 is 0 Å². The van der Waals surface area contributed by atoms with Gasteiger partial charge in [-0.05, 0) is 37.5 Å². The number of ether oxygens (including phenoxy) is 2. The van der Waals surface area contributed by atoms with E-state index in [0.717, 1.165) is 11.3 Å². The molecule has 0 aliphatic heterocycles. The van der Waals surface area contributed by atoms with Crippen molar-refractivity contribution in [1.82, 2.24) is 0 Å². The van der Waals surface area contributed by atoms with Crippen molar-refractivity contribution in [3.63, 3.8) is 0 Å². The molecule has 0 N–H and O–H groups in total. The van der Waals surface area contributed by atoms with Crippen LogP contribution < -0.4 is 4.74 Å². The SMILES string of the molecule is COCOc1c(C)ccc(C)c1C. The maximum absolute atomic E-state index is 5.48. The van der Waals surface area contributed by atoms with Crippen LogP contribution >= 0.6 is 0 Å². The molecular formula is C11H16O2. The molecular weight excluding hydrogens is 164 g/mol. The Kier molecular flexibility index (Phi) is 3.32. The minimum atomic E-state index is 0.311. The Morgan fingerprint density at radius 3 is 2.31 bits per heavy atom. The van der Waals surface area contributed by atoms with E-state index < -0.39 is 0 Å². The highest BCUT2D eigenvalue weighted by Gasteiger charge is 2.05. The van der Waals surface area contributed by atoms with E-state index in [9.17, 15) is 0 Å². The summed E-state index contributed by atoms with van der Waals surface area (Å²) in [5, 5.41) is 0. The van der Waals surface area contributed by atoms with Crippen LogP contribution in [-0.2, 0) is 4.74 Å². The zero-order valence-electron chi connectivity index (χ0n) is 8.68. The topological polar surface area (TPSA) is 18.5 Å². The van der Waals surface area contributed by atoms with Crippen LogP contribution in [0.1, 0.15) is 16.7 Å². The van der Waals surface area contributed by atoms with Gasteiger partial charge in [-0.2, -0.15) is 0 Å². The molecule has 0 amide bonds. The minimum Gasteiger partial charge on any atom is -0.467 e. The van der Waals surface area contributed by atoms with Crippen molar-refractivity contribution in [2.45, 2.75) is 20.8 Å². The van der Waals surface area contributed by atoms with Crippen LogP contribution in [0.2, 0.25) is 0 Å². The Balaban J connectivity index is 2.96. The molecule has 0 fully saturated rings. The van der Waals surface area contributed by atoms with Gasteiger partial charge in [-0.3, -0.25) is 0 Å². The molecule has 0 atom stereocenters. The first-order chi connectivity index (χ1) is 6.16. The average molecular weight is 180 g/mol. The monoisotopic (exact) mass is 180 g/mol. The van der Waals surface area contributed by atoms with Crippen LogP contribution in [0, 0.1) is 20.8 Å². The lowest BCUT2D eigenvalue weighted by Gasteiger charge is -2.12. The minimum absolute atomic E-state index is 0.311. The van der Waals surface area contributed by atoms with E-state index in [1.165, 1.54) is 11.1 Å². The van der Waals surface area contributed by atoms with Crippen LogP contribution in [0.3, 0.4) is 0 Å². The number of hydrogen-bond donors (Lipinski definition) is 0. The number of hydrogen-bond acceptors (Lipinski definition) is 2. The van der Waals surface area contributed by atoms with Gasteiger partial charge in [0.1, 0.15) is 5.75 Å². The van der Waals surface area contributed by atoms with Crippen molar-refractivity contribution in [1.29, 1.82) is 0 Å². The van der Waals surface area contributed by atoms with Crippen molar-refractivity contribution in [3.8, 4) is 5.75 Å². The molecule has 1 aromatic carbocycles. The summed E-state index contributed by atoms with van der Waals surface area (Å²) in [5.74, 6) is 0.946. The van der Waals surface area contributed by atoms with E-state index in [-0.39, 0.29) is 0 Å². The van der Waals surface area contributed by atoms with E-state index >= 15 is 0 Å². The van der Waals surface area contributed by atoms with Gasteiger partial charge in [-0.15, -0.1) is 0 Å². The molecule has 1 rings (SSSR count). The quantitative estimate of drug-likeness (QED) is 0.666. The van der Waals surface area contributed by atoms with E-state index in [4.69, 9.17) is 9.47 Å². The Bertz CT molecular complexity index is 292. The summed E-state index contributed by atoms with van der Waals surface area (Å²) >= 11 is 0. The molecule has 1 aromatic rings. The van der Waals surface area contributed by atoms with Gasteiger partial charge in [0.05, 0.1) is 0 Å². The molecule has 72 valence electrons. The number of rotatable bonds is 3. The standard InChI is InChI=1S/C11H16O2/c1-8-5-6-9(2)11(10(8)3)13-7-12-4/h5-6H,7H2,1-4H3. The summed E-state index contributed by atoms with van der Waals surface area (Å²) in [6.45, 7) is 6.49. The third-order valence-electron chi connectivity index (χ3n) is 2.19. The summed E-state index contributed by atoms with van der Waals surface area (Å²) in [7, 11) is 1.63. The van der Waals surface area contributed by atoms with Gasteiger partial charge in [-0.25, -0.2) is 0 Å². The van der Waals surface area contributed by atoms with Crippen LogP contribution in [0.5, 0.6) is 5.75 Å². The molecule has 0 aliphatic carbocycles. The normalized spacial score (nSPS) is 10.2. The summed E-state index contributed by atoms with van der Waals surface area (Å²) in [6.07, 6.45) is 0. The van der Waals surface area contributed by atoms with Gasteiger partial charge in [0.25, 0.3) is 0 Å². The smallest absolute Gasteiger partial charge is 0.188 e. The van der Waals surface area contributed by atoms with Crippen molar-refractivity contribution >= 4 is 0 Å². The highest BCUT2D eigenvalue weighted by Crippen LogP contribution is 2.25. The molecule has 0 aliphatic rings. The summed E-state index contributed by atoms with van der Waals surface area (Å²) < 4.78 is 10.3. The van der Waals surface area contributed by atoms with Gasteiger partial charge < -0.3 is 9.47 Å². The summed E-state index contributed by atoms with van der Waals surface area (Å²) in [5.41, 5.74) is 3.59. The molecule has 2 nitrogen and oxygen atoms in total. The van der Waals surface area contributed by atoms with Crippen molar-refractivity contribution in [2.75, 3.05) is 13.9 Å². The van der Waals surface area contributed by atoms with Gasteiger partial charge in [0.2, 0.25) is 0 Å². The first-order valence-electron chi connectivity index (χ1n) is 4.35. The highest BCUT2D eigenvalue weighted by atomic mass is 16.7. The molecule has 0 saturated heterocycles. The lowest BCUT2D eigenvalue weighted by Crippen LogP contribution is -2.02. The molecule has 13 heavy (non-hydrogen) atoms. The van der Waals surface area contributed by atoms with Crippen LogP contribution in [0.4, 0.5) is 0 Å². The maximum atomic E-state index is 5.48. The first-order valence-corrected chi connectivity index (χ1v) is 4.35. The molecule has 0 spiro atoms. The number of methoxy groups -OCH3 is 1. The fourth-order valence-corrected chi connectivity index (χ4v) is 1.27.